The summed E-state index contributed by atoms with van der Waals surface area (Å²) in [7, 11) is 0. The van der Waals surface area contributed by atoms with Crippen LogP contribution in [0.5, 0.6) is 5.75 Å². The first kappa shape index (κ1) is 15.9. The number of amides is 1. The molecule has 0 saturated carbocycles. The van der Waals surface area contributed by atoms with Crippen LogP contribution in [0.3, 0.4) is 0 Å². The van der Waals surface area contributed by atoms with Crippen LogP contribution in [0, 0.1) is 24.4 Å². The van der Waals surface area contributed by atoms with Crippen LogP contribution >= 0.6 is 0 Å². The van der Waals surface area contributed by atoms with Gasteiger partial charge in [0, 0.05) is 11.8 Å². The maximum atomic E-state index is 13.4. The fraction of sp³-hybridized carbons (Fsp3) is 0.188. The predicted octanol–water partition coefficient (Wildman–Crippen LogP) is 3.82. The van der Waals surface area contributed by atoms with E-state index in [1.165, 1.54) is 25.1 Å². The zero-order valence-electron chi connectivity index (χ0n) is 12.0. The number of nitrogens with one attached hydrogen (secondary N) is 1. The smallest absolute Gasteiger partial charge is 0.265 e. The molecular formula is C16H14F3NO2. The van der Waals surface area contributed by atoms with Crippen molar-refractivity contribution in [3.63, 3.8) is 0 Å². The Labute approximate surface area is 125 Å². The Morgan fingerprint density at radius 1 is 1.05 bits per heavy atom. The minimum absolute atomic E-state index is 0.0247. The van der Waals surface area contributed by atoms with Crippen LogP contribution in [-0.4, -0.2) is 12.0 Å². The van der Waals surface area contributed by atoms with Crippen molar-refractivity contribution in [2.45, 2.75) is 20.0 Å². The lowest BCUT2D eigenvalue weighted by molar-refractivity contribution is -0.122. The molecule has 2 aromatic carbocycles. The van der Waals surface area contributed by atoms with Crippen LogP contribution in [0.1, 0.15) is 12.5 Å². The molecule has 0 fully saturated rings. The summed E-state index contributed by atoms with van der Waals surface area (Å²) in [5, 5.41) is 2.48. The summed E-state index contributed by atoms with van der Waals surface area (Å²) in [5.41, 5.74) is 0.748. The number of ether oxygens (including phenoxy) is 1. The van der Waals surface area contributed by atoms with Gasteiger partial charge in [0.15, 0.2) is 17.7 Å². The van der Waals surface area contributed by atoms with Gasteiger partial charge in [0.1, 0.15) is 11.6 Å². The zero-order valence-corrected chi connectivity index (χ0v) is 12.0. The Bertz CT molecular complexity index is 704. The van der Waals surface area contributed by atoms with E-state index in [2.05, 4.69) is 5.32 Å². The largest absolute Gasteiger partial charge is 0.481 e. The lowest BCUT2D eigenvalue weighted by Crippen LogP contribution is -2.30. The first-order chi connectivity index (χ1) is 10.4. The molecule has 0 aliphatic rings. The van der Waals surface area contributed by atoms with Crippen molar-refractivity contribution < 1.29 is 22.7 Å². The van der Waals surface area contributed by atoms with Crippen LogP contribution < -0.4 is 10.1 Å². The number of carbonyl (C=O) groups excluding carboxylic acids is 1. The van der Waals surface area contributed by atoms with E-state index in [0.717, 1.165) is 12.1 Å². The number of anilines is 1. The van der Waals surface area contributed by atoms with Crippen LogP contribution in [0.25, 0.3) is 0 Å². The fourth-order valence-corrected chi connectivity index (χ4v) is 1.72. The Kier molecular flexibility index (Phi) is 4.70. The highest BCUT2D eigenvalue weighted by molar-refractivity contribution is 5.94. The molecule has 1 atom stereocenters. The molecule has 116 valence electrons. The van der Waals surface area contributed by atoms with Crippen molar-refractivity contribution >= 4 is 11.6 Å². The number of hydrogen-bond acceptors (Lipinski definition) is 2. The van der Waals surface area contributed by atoms with Gasteiger partial charge in [-0.1, -0.05) is 6.07 Å². The van der Waals surface area contributed by atoms with Crippen molar-refractivity contribution in [2.24, 2.45) is 0 Å². The monoisotopic (exact) mass is 309 g/mol. The molecule has 0 unspecified atom stereocenters. The molecule has 6 heteroatoms. The third kappa shape index (κ3) is 3.78. The summed E-state index contributed by atoms with van der Waals surface area (Å²) >= 11 is 0. The maximum absolute atomic E-state index is 13.4. The third-order valence-corrected chi connectivity index (χ3v) is 3.01. The van der Waals surface area contributed by atoms with Crippen molar-refractivity contribution in [3.8, 4) is 5.75 Å². The molecule has 1 N–H and O–H groups in total. The van der Waals surface area contributed by atoms with Gasteiger partial charge in [0.25, 0.3) is 5.91 Å². The molecule has 0 bridgehead atoms. The number of benzene rings is 2. The molecule has 2 rings (SSSR count). The molecule has 0 radical (unpaired) electrons. The van der Waals surface area contributed by atoms with Gasteiger partial charge in [0.2, 0.25) is 0 Å². The minimum Gasteiger partial charge on any atom is -0.481 e. The number of rotatable bonds is 4. The molecule has 0 heterocycles. The van der Waals surface area contributed by atoms with Gasteiger partial charge in [-0.25, -0.2) is 13.2 Å². The van der Waals surface area contributed by atoms with E-state index in [-0.39, 0.29) is 11.4 Å². The van der Waals surface area contributed by atoms with E-state index in [4.69, 9.17) is 4.74 Å². The van der Waals surface area contributed by atoms with Gasteiger partial charge < -0.3 is 10.1 Å². The lowest BCUT2D eigenvalue weighted by Gasteiger charge is -2.15. The van der Waals surface area contributed by atoms with Gasteiger partial charge >= 0.3 is 0 Å². The van der Waals surface area contributed by atoms with Gasteiger partial charge in [-0.2, -0.15) is 0 Å². The topological polar surface area (TPSA) is 38.3 Å². The van der Waals surface area contributed by atoms with E-state index < -0.39 is 29.5 Å². The number of carbonyl (C=O) groups is 1. The molecule has 0 saturated heterocycles. The normalized spacial score (nSPS) is 11.9. The summed E-state index contributed by atoms with van der Waals surface area (Å²) in [6, 6.07) is 7.26. The Morgan fingerprint density at radius 3 is 2.41 bits per heavy atom. The second-order valence-electron chi connectivity index (χ2n) is 4.79. The van der Waals surface area contributed by atoms with Gasteiger partial charge in [0.05, 0.1) is 0 Å². The molecule has 0 aromatic heterocycles. The van der Waals surface area contributed by atoms with E-state index in [1.54, 1.807) is 13.0 Å². The van der Waals surface area contributed by atoms with Crippen LogP contribution in [0.4, 0.5) is 18.9 Å². The highest BCUT2D eigenvalue weighted by Gasteiger charge is 2.16. The molecule has 1 amide bonds. The molecule has 2 aromatic rings. The summed E-state index contributed by atoms with van der Waals surface area (Å²) in [4.78, 5) is 11.9. The van der Waals surface area contributed by atoms with Crippen molar-refractivity contribution in [1.29, 1.82) is 0 Å². The Morgan fingerprint density at radius 2 is 1.77 bits per heavy atom. The minimum atomic E-state index is -1.06. The number of halogens is 3. The highest BCUT2D eigenvalue weighted by Crippen LogP contribution is 2.18. The lowest BCUT2D eigenvalue weighted by atomic mass is 10.2. The van der Waals surface area contributed by atoms with E-state index >= 15 is 0 Å². The molecule has 3 nitrogen and oxygen atoms in total. The first-order valence-electron chi connectivity index (χ1n) is 6.55. The maximum Gasteiger partial charge on any atom is 0.265 e. The summed E-state index contributed by atoms with van der Waals surface area (Å²) in [6.07, 6.45) is -0.964. The summed E-state index contributed by atoms with van der Waals surface area (Å²) in [5.74, 6) is -3.01. The fourth-order valence-electron chi connectivity index (χ4n) is 1.72. The second-order valence-corrected chi connectivity index (χ2v) is 4.79. The SMILES string of the molecule is Cc1ccc(NC(=O)[C@@H](C)Oc2ccc(F)c(F)c2)cc1F. The predicted molar refractivity (Wildman–Crippen MR) is 76.2 cm³/mol. The van der Waals surface area contributed by atoms with E-state index in [1.807, 2.05) is 0 Å². The first-order valence-corrected chi connectivity index (χ1v) is 6.55. The molecule has 0 aliphatic carbocycles. The highest BCUT2D eigenvalue weighted by atomic mass is 19.2. The second kappa shape index (κ2) is 6.51. The average Bonchev–Trinajstić information content (AvgIpc) is 2.46. The number of hydrogen-bond donors (Lipinski definition) is 1. The third-order valence-electron chi connectivity index (χ3n) is 3.01. The summed E-state index contributed by atoms with van der Waals surface area (Å²) < 4.78 is 44.5. The standard InChI is InChI=1S/C16H14F3NO2/c1-9-3-4-11(7-14(9)18)20-16(21)10(2)22-12-5-6-13(17)15(19)8-12/h3-8,10H,1-2H3,(H,20,21)/t10-/m1/s1. The molecule has 0 spiro atoms. The zero-order chi connectivity index (χ0) is 16.3. The van der Waals surface area contributed by atoms with Gasteiger partial charge in [-0.3, -0.25) is 4.79 Å². The molecule has 0 aliphatic heterocycles. The Hall–Kier alpha value is -2.50. The Balaban J connectivity index is 2.02. The van der Waals surface area contributed by atoms with Crippen molar-refractivity contribution in [2.75, 3.05) is 5.32 Å². The van der Waals surface area contributed by atoms with Crippen LogP contribution in [0.15, 0.2) is 36.4 Å². The van der Waals surface area contributed by atoms with E-state index in [0.29, 0.717) is 5.56 Å². The van der Waals surface area contributed by atoms with Crippen LogP contribution in [-0.2, 0) is 4.79 Å². The summed E-state index contributed by atoms with van der Waals surface area (Å²) in [6.45, 7) is 3.05. The van der Waals surface area contributed by atoms with E-state index in [9.17, 15) is 18.0 Å². The van der Waals surface area contributed by atoms with Crippen LogP contribution in [0.2, 0.25) is 0 Å². The van der Waals surface area contributed by atoms with Crippen molar-refractivity contribution in [1.82, 2.24) is 0 Å². The molecular weight excluding hydrogens is 295 g/mol. The number of aryl methyl sites for hydroxylation is 1. The average molecular weight is 309 g/mol. The quantitative estimate of drug-likeness (QED) is 0.932. The van der Waals surface area contributed by atoms with Gasteiger partial charge in [-0.05, 0) is 43.7 Å². The van der Waals surface area contributed by atoms with Crippen molar-refractivity contribution in [3.05, 3.63) is 59.4 Å². The van der Waals surface area contributed by atoms with Gasteiger partial charge in [-0.15, -0.1) is 0 Å². The molecule has 22 heavy (non-hydrogen) atoms.